The van der Waals surface area contributed by atoms with Gasteiger partial charge in [0.05, 0.1) is 12.6 Å². The number of Topliss-reactive ketones (excluding diaryl/α,β-unsaturated/α-hetero) is 1. The molecule has 2 rings (SSSR count). The van der Waals surface area contributed by atoms with Crippen LogP contribution in [0.2, 0.25) is 0 Å². The number of nitrogens with one attached hydrogen (secondary N) is 2. The van der Waals surface area contributed by atoms with Crippen molar-refractivity contribution in [2.24, 2.45) is 17.3 Å². The third-order valence-electron chi connectivity index (χ3n) is 5.22. The van der Waals surface area contributed by atoms with Crippen LogP contribution in [-0.4, -0.2) is 60.4 Å². The molecular formula is C20H33N3O5. The van der Waals surface area contributed by atoms with Crippen molar-refractivity contribution in [1.29, 1.82) is 0 Å². The van der Waals surface area contributed by atoms with Gasteiger partial charge in [-0.15, -0.1) is 0 Å². The van der Waals surface area contributed by atoms with Crippen LogP contribution in [0.3, 0.4) is 0 Å². The van der Waals surface area contributed by atoms with Crippen molar-refractivity contribution in [2.45, 2.75) is 66.0 Å². The van der Waals surface area contributed by atoms with Crippen LogP contribution in [0.5, 0.6) is 0 Å². The third-order valence-corrected chi connectivity index (χ3v) is 5.22. The fourth-order valence-electron chi connectivity index (χ4n) is 3.37. The lowest BCUT2D eigenvalue weighted by atomic mass is 9.85. The van der Waals surface area contributed by atoms with Crippen molar-refractivity contribution in [1.82, 2.24) is 15.5 Å². The highest BCUT2D eigenvalue weighted by Gasteiger charge is 2.42. The minimum absolute atomic E-state index is 0.0479. The fraction of sp³-hybridized carbons (Fsp3) is 0.800. The van der Waals surface area contributed by atoms with Crippen LogP contribution in [0.25, 0.3) is 0 Å². The molecule has 3 amide bonds. The quantitative estimate of drug-likeness (QED) is 0.635. The molecule has 8 nitrogen and oxygen atoms in total. The van der Waals surface area contributed by atoms with Gasteiger partial charge in [0, 0.05) is 6.54 Å². The number of carbonyl (C=O) groups is 4. The van der Waals surface area contributed by atoms with E-state index in [1.165, 1.54) is 6.92 Å². The van der Waals surface area contributed by atoms with Gasteiger partial charge < -0.3 is 20.3 Å². The van der Waals surface area contributed by atoms with Crippen LogP contribution in [-0.2, 0) is 19.1 Å². The highest BCUT2D eigenvalue weighted by Crippen LogP contribution is 2.29. The van der Waals surface area contributed by atoms with E-state index in [2.05, 4.69) is 10.6 Å². The van der Waals surface area contributed by atoms with Crippen molar-refractivity contribution in [3.05, 3.63) is 0 Å². The normalized spacial score (nSPS) is 23.1. The SMILES string of the molecule is CC(=O)C1C[C@@H](C)CN1C(=O)C(NC(=O)NCC(=O)OCC1CC1)C(C)(C)C. The maximum atomic E-state index is 13.2. The highest BCUT2D eigenvalue weighted by molar-refractivity contribution is 5.93. The van der Waals surface area contributed by atoms with Crippen molar-refractivity contribution in [3.63, 3.8) is 0 Å². The van der Waals surface area contributed by atoms with Gasteiger partial charge in [0.25, 0.3) is 0 Å². The Hall–Kier alpha value is -2.12. The zero-order valence-electron chi connectivity index (χ0n) is 17.5. The Morgan fingerprint density at radius 1 is 1.18 bits per heavy atom. The van der Waals surface area contributed by atoms with Crippen LogP contribution in [0.15, 0.2) is 0 Å². The van der Waals surface area contributed by atoms with E-state index in [9.17, 15) is 19.2 Å². The lowest BCUT2D eigenvalue weighted by molar-refractivity contribution is -0.142. The van der Waals surface area contributed by atoms with Crippen LogP contribution in [0, 0.1) is 17.3 Å². The minimum Gasteiger partial charge on any atom is -0.464 e. The summed E-state index contributed by atoms with van der Waals surface area (Å²) in [5, 5.41) is 5.14. The standard InChI is InChI=1S/C20H33N3O5/c1-12-8-15(13(2)24)23(10-12)18(26)17(20(3,4)5)22-19(27)21-9-16(25)28-11-14-6-7-14/h12,14-15,17H,6-11H2,1-5H3,(H2,21,22,27)/t12-,15?,17?/m1/s1. The summed E-state index contributed by atoms with van der Waals surface area (Å²) < 4.78 is 5.08. The molecule has 0 aromatic heterocycles. The van der Waals surface area contributed by atoms with Crippen LogP contribution in [0.1, 0.15) is 53.9 Å². The molecule has 1 aliphatic heterocycles. The van der Waals surface area contributed by atoms with Gasteiger partial charge in [0.2, 0.25) is 5.91 Å². The van der Waals surface area contributed by atoms with E-state index in [1.54, 1.807) is 4.90 Å². The molecule has 28 heavy (non-hydrogen) atoms. The third kappa shape index (κ3) is 6.21. The van der Waals surface area contributed by atoms with E-state index in [0.717, 1.165) is 12.8 Å². The second-order valence-corrected chi connectivity index (χ2v) is 9.21. The highest BCUT2D eigenvalue weighted by atomic mass is 16.5. The number of hydrogen-bond donors (Lipinski definition) is 2. The number of amides is 3. The molecule has 1 saturated carbocycles. The number of nitrogens with zero attached hydrogens (tertiary/aromatic N) is 1. The summed E-state index contributed by atoms with van der Waals surface area (Å²) >= 11 is 0. The van der Waals surface area contributed by atoms with Crippen LogP contribution < -0.4 is 10.6 Å². The molecule has 2 aliphatic rings. The number of ketones is 1. The Balaban J connectivity index is 1.94. The molecule has 0 bridgehead atoms. The Kier molecular flexibility index (Phi) is 7.06. The molecule has 1 saturated heterocycles. The average molecular weight is 396 g/mol. The lowest BCUT2D eigenvalue weighted by Crippen LogP contribution is -2.58. The van der Waals surface area contributed by atoms with E-state index in [-0.39, 0.29) is 24.2 Å². The Morgan fingerprint density at radius 3 is 2.36 bits per heavy atom. The first-order valence-electron chi connectivity index (χ1n) is 10.00. The van der Waals surface area contributed by atoms with Gasteiger partial charge in [-0.3, -0.25) is 14.4 Å². The van der Waals surface area contributed by atoms with Gasteiger partial charge in [0.1, 0.15) is 12.6 Å². The number of likely N-dealkylation sites (tertiary alicyclic amines) is 1. The first-order valence-corrected chi connectivity index (χ1v) is 10.00. The van der Waals surface area contributed by atoms with E-state index in [1.807, 2.05) is 27.7 Å². The second kappa shape index (κ2) is 8.92. The minimum atomic E-state index is -0.817. The Morgan fingerprint density at radius 2 is 1.82 bits per heavy atom. The Labute approximate surface area is 166 Å². The maximum absolute atomic E-state index is 13.2. The molecule has 0 radical (unpaired) electrons. The molecule has 0 aromatic carbocycles. The number of carbonyl (C=O) groups excluding carboxylic acids is 4. The van der Waals surface area contributed by atoms with Gasteiger partial charge in [0.15, 0.2) is 5.78 Å². The van der Waals surface area contributed by atoms with Gasteiger partial charge in [-0.2, -0.15) is 0 Å². The van der Waals surface area contributed by atoms with E-state index >= 15 is 0 Å². The lowest BCUT2D eigenvalue weighted by Gasteiger charge is -2.35. The predicted octanol–water partition coefficient (Wildman–Crippen LogP) is 1.48. The van der Waals surface area contributed by atoms with Crippen molar-refractivity contribution in [2.75, 3.05) is 19.7 Å². The number of rotatable bonds is 7. The summed E-state index contributed by atoms with van der Waals surface area (Å²) in [6.07, 6.45) is 2.79. The number of esters is 1. The molecule has 1 heterocycles. The summed E-state index contributed by atoms with van der Waals surface area (Å²) in [5.41, 5.74) is -0.561. The first-order chi connectivity index (χ1) is 13.0. The molecule has 2 N–H and O–H groups in total. The number of urea groups is 1. The first kappa shape index (κ1) is 22.2. The predicted molar refractivity (Wildman–Crippen MR) is 103 cm³/mol. The van der Waals surface area contributed by atoms with E-state index in [4.69, 9.17) is 4.74 Å². The van der Waals surface area contributed by atoms with Gasteiger partial charge in [-0.25, -0.2) is 4.79 Å². The molecule has 2 fully saturated rings. The smallest absolute Gasteiger partial charge is 0.325 e. The van der Waals surface area contributed by atoms with Crippen LogP contribution >= 0.6 is 0 Å². The monoisotopic (exact) mass is 395 g/mol. The zero-order chi connectivity index (χ0) is 21.1. The molecule has 3 atom stereocenters. The molecule has 0 spiro atoms. The van der Waals surface area contributed by atoms with Crippen molar-refractivity contribution in [3.8, 4) is 0 Å². The summed E-state index contributed by atoms with van der Waals surface area (Å²) in [4.78, 5) is 50.6. The van der Waals surface area contributed by atoms with Gasteiger partial charge in [-0.1, -0.05) is 27.7 Å². The summed E-state index contributed by atoms with van der Waals surface area (Å²) in [5.74, 6) is -0.131. The zero-order valence-corrected chi connectivity index (χ0v) is 17.5. The molecular weight excluding hydrogens is 362 g/mol. The molecule has 0 aromatic rings. The second-order valence-electron chi connectivity index (χ2n) is 9.21. The van der Waals surface area contributed by atoms with Gasteiger partial charge in [-0.05, 0) is 43.4 Å². The summed E-state index contributed by atoms with van der Waals surface area (Å²) in [6, 6.07) is -1.87. The Bertz CT molecular complexity index is 624. The average Bonchev–Trinajstić information content (AvgIpc) is 3.34. The molecule has 2 unspecified atom stereocenters. The van der Waals surface area contributed by atoms with E-state index < -0.39 is 29.5 Å². The number of hydrogen-bond acceptors (Lipinski definition) is 5. The number of ether oxygens (including phenoxy) is 1. The maximum Gasteiger partial charge on any atom is 0.325 e. The summed E-state index contributed by atoms with van der Waals surface area (Å²) in [7, 11) is 0. The topological polar surface area (TPSA) is 105 Å². The molecule has 8 heteroatoms. The van der Waals surface area contributed by atoms with Crippen LogP contribution in [0.4, 0.5) is 4.79 Å². The molecule has 158 valence electrons. The summed E-state index contributed by atoms with van der Waals surface area (Å²) in [6.45, 7) is 9.68. The van der Waals surface area contributed by atoms with Crippen molar-refractivity contribution < 1.29 is 23.9 Å². The fourth-order valence-corrected chi connectivity index (χ4v) is 3.37. The van der Waals surface area contributed by atoms with Crippen molar-refractivity contribution >= 4 is 23.7 Å². The van der Waals surface area contributed by atoms with Gasteiger partial charge >= 0.3 is 12.0 Å². The largest absolute Gasteiger partial charge is 0.464 e. The van der Waals surface area contributed by atoms with E-state index in [0.29, 0.717) is 25.5 Å². The molecule has 1 aliphatic carbocycles.